The molecule has 0 aliphatic rings. The number of carboxylic acid groups (broad SMARTS) is 1. The molecule has 4 aromatic rings. The van der Waals surface area contributed by atoms with E-state index < -0.39 is 18.0 Å². The Kier molecular flexibility index (Phi) is 6.75. The maximum absolute atomic E-state index is 12.7. The SMILES string of the molecule is Cc1noc(-c2cccc(-c3cccc(C(=O)O)n3)c2)c1CC(=O)OC(C)c1ccccc1Cl. The number of nitrogens with zero attached hydrogens (tertiary/aromatic N) is 2. The van der Waals surface area contributed by atoms with Crippen LogP contribution in [-0.4, -0.2) is 27.2 Å². The molecule has 2 aromatic heterocycles. The number of aromatic nitrogens is 2. The maximum atomic E-state index is 12.7. The molecule has 0 amide bonds. The van der Waals surface area contributed by atoms with Crippen LogP contribution in [-0.2, 0) is 16.0 Å². The van der Waals surface area contributed by atoms with Gasteiger partial charge in [-0.2, -0.15) is 0 Å². The molecule has 4 rings (SSSR count). The van der Waals surface area contributed by atoms with Crippen LogP contribution in [0.25, 0.3) is 22.6 Å². The second-order valence-corrected chi connectivity index (χ2v) is 8.11. The van der Waals surface area contributed by atoms with Crippen LogP contribution in [0.15, 0.2) is 71.3 Å². The normalized spacial score (nSPS) is 11.7. The first-order valence-corrected chi connectivity index (χ1v) is 10.9. The monoisotopic (exact) mass is 476 g/mol. The van der Waals surface area contributed by atoms with Gasteiger partial charge in [0.2, 0.25) is 0 Å². The van der Waals surface area contributed by atoms with E-state index in [2.05, 4.69) is 10.1 Å². The van der Waals surface area contributed by atoms with E-state index in [1.807, 2.05) is 36.4 Å². The molecule has 1 atom stereocenters. The molecule has 0 bridgehead atoms. The zero-order valence-corrected chi connectivity index (χ0v) is 19.2. The van der Waals surface area contributed by atoms with Crippen LogP contribution in [0.5, 0.6) is 0 Å². The van der Waals surface area contributed by atoms with Crippen LogP contribution in [0.4, 0.5) is 0 Å². The minimum absolute atomic E-state index is 0.0313. The van der Waals surface area contributed by atoms with Crippen molar-refractivity contribution >= 4 is 23.5 Å². The van der Waals surface area contributed by atoms with Crippen LogP contribution < -0.4 is 0 Å². The van der Waals surface area contributed by atoms with Gasteiger partial charge in [0.1, 0.15) is 11.8 Å². The molecule has 8 heteroatoms. The predicted molar refractivity (Wildman–Crippen MR) is 127 cm³/mol. The van der Waals surface area contributed by atoms with Gasteiger partial charge >= 0.3 is 11.9 Å². The summed E-state index contributed by atoms with van der Waals surface area (Å²) in [6.45, 7) is 3.52. The maximum Gasteiger partial charge on any atom is 0.354 e. The third-order valence-corrected chi connectivity index (χ3v) is 5.69. The van der Waals surface area contributed by atoms with E-state index in [4.69, 9.17) is 20.9 Å². The molecule has 0 aliphatic heterocycles. The third kappa shape index (κ3) is 5.00. The number of aromatic carboxylic acids is 1. The Morgan fingerprint density at radius 3 is 2.56 bits per heavy atom. The van der Waals surface area contributed by atoms with Crippen LogP contribution in [0.1, 0.15) is 40.3 Å². The average Bonchev–Trinajstić information content (AvgIpc) is 3.19. The second kappa shape index (κ2) is 9.89. The molecule has 0 radical (unpaired) electrons. The molecule has 1 N–H and O–H groups in total. The minimum Gasteiger partial charge on any atom is -0.477 e. The summed E-state index contributed by atoms with van der Waals surface area (Å²) >= 11 is 6.21. The van der Waals surface area contributed by atoms with E-state index >= 15 is 0 Å². The highest BCUT2D eigenvalue weighted by Crippen LogP contribution is 2.31. The van der Waals surface area contributed by atoms with Crippen LogP contribution in [0.2, 0.25) is 5.02 Å². The molecule has 0 fully saturated rings. The van der Waals surface area contributed by atoms with Gasteiger partial charge in [-0.05, 0) is 38.1 Å². The number of aryl methyl sites for hydroxylation is 1. The number of esters is 1. The standard InChI is InChI=1S/C26H21ClN2O5/c1-15-20(14-24(30)33-16(2)19-9-3-4-10-21(19)27)25(34-29-15)18-8-5-7-17(13-18)22-11-6-12-23(28-22)26(31)32/h3-13,16H,14H2,1-2H3,(H,31,32). The number of pyridine rings is 1. The summed E-state index contributed by atoms with van der Waals surface area (Å²) in [4.78, 5) is 28.2. The topological polar surface area (TPSA) is 103 Å². The van der Waals surface area contributed by atoms with E-state index in [0.29, 0.717) is 38.9 Å². The van der Waals surface area contributed by atoms with Gasteiger partial charge in [0.05, 0.1) is 17.8 Å². The summed E-state index contributed by atoms with van der Waals surface area (Å²) in [6.07, 6.45) is -0.545. The van der Waals surface area contributed by atoms with Gasteiger partial charge in [-0.1, -0.05) is 59.2 Å². The van der Waals surface area contributed by atoms with Crippen molar-refractivity contribution in [2.75, 3.05) is 0 Å². The molecular weight excluding hydrogens is 456 g/mol. The lowest BCUT2D eigenvalue weighted by molar-refractivity contribution is -0.147. The van der Waals surface area contributed by atoms with Crippen molar-refractivity contribution in [1.29, 1.82) is 0 Å². The third-order valence-electron chi connectivity index (χ3n) is 5.35. The van der Waals surface area contributed by atoms with Crippen molar-refractivity contribution < 1.29 is 24.0 Å². The van der Waals surface area contributed by atoms with Gasteiger partial charge in [0.25, 0.3) is 0 Å². The summed E-state index contributed by atoms with van der Waals surface area (Å²) in [6, 6.07) is 19.3. The first-order valence-electron chi connectivity index (χ1n) is 10.5. The van der Waals surface area contributed by atoms with Crippen molar-refractivity contribution in [1.82, 2.24) is 10.1 Å². The van der Waals surface area contributed by atoms with Crippen LogP contribution in [0, 0.1) is 6.92 Å². The second-order valence-electron chi connectivity index (χ2n) is 7.70. The van der Waals surface area contributed by atoms with Crippen molar-refractivity contribution in [3.63, 3.8) is 0 Å². The largest absolute Gasteiger partial charge is 0.477 e. The van der Waals surface area contributed by atoms with Crippen molar-refractivity contribution in [3.8, 4) is 22.6 Å². The first-order chi connectivity index (χ1) is 16.3. The van der Waals surface area contributed by atoms with Gasteiger partial charge in [-0.25, -0.2) is 9.78 Å². The molecule has 2 aromatic carbocycles. The molecule has 34 heavy (non-hydrogen) atoms. The quantitative estimate of drug-likeness (QED) is 0.331. The van der Waals surface area contributed by atoms with Gasteiger partial charge < -0.3 is 14.4 Å². The number of carboxylic acids is 1. The van der Waals surface area contributed by atoms with Crippen molar-refractivity contribution in [3.05, 3.63) is 94.3 Å². The number of rotatable bonds is 7. The summed E-state index contributed by atoms with van der Waals surface area (Å²) in [7, 11) is 0. The van der Waals surface area contributed by atoms with Crippen LogP contribution in [0.3, 0.4) is 0 Å². The molecule has 1 unspecified atom stereocenters. The fraction of sp³-hybridized carbons (Fsp3) is 0.154. The van der Waals surface area contributed by atoms with E-state index in [1.54, 1.807) is 38.1 Å². The van der Waals surface area contributed by atoms with Gasteiger partial charge in [0.15, 0.2) is 5.76 Å². The molecule has 7 nitrogen and oxygen atoms in total. The van der Waals surface area contributed by atoms with E-state index in [-0.39, 0.29) is 12.1 Å². The lowest BCUT2D eigenvalue weighted by Crippen LogP contribution is -2.12. The molecule has 0 saturated carbocycles. The molecule has 0 spiro atoms. The number of halogens is 1. The molecule has 0 saturated heterocycles. The number of carbonyl (C=O) groups is 2. The highest BCUT2D eigenvalue weighted by Gasteiger charge is 2.21. The summed E-state index contributed by atoms with van der Waals surface area (Å²) in [5.41, 5.74) is 3.76. The lowest BCUT2D eigenvalue weighted by atomic mass is 10.0. The fourth-order valence-electron chi connectivity index (χ4n) is 3.61. The van der Waals surface area contributed by atoms with Crippen molar-refractivity contribution in [2.24, 2.45) is 0 Å². The highest BCUT2D eigenvalue weighted by molar-refractivity contribution is 6.31. The Hall–Kier alpha value is -3.97. The van der Waals surface area contributed by atoms with Gasteiger partial charge in [-0.3, -0.25) is 4.79 Å². The fourth-order valence-corrected chi connectivity index (χ4v) is 3.90. The smallest absolute Gasteiger partial charge is 0.354 e. The summed E-state index contributed by atoms with van der Waals surface area (Å²) < 4.78 is 11.2. The zero-order chi connectivity index (χ0) is 24.2. The van der Waals surface area contributed by atoms with Gasteiger partial charge in [-0.15, -0.1) is 0 Å². The van der Waals surface area contributed by atoms with Gasteiger partial charge in [0, 0.05) is 27.3 Å². The Bertz CT molecular complexity index is 1360. The first kappa shape index (κ1) is 23.2. The highest BCUT2D eigenvalue weighted by atomic mass is 35.5. The summed E-state index contributed by atoms with van der Waals surface area (Å²) in [5, 5.41) is 13.8. The van der Waals surface area contributed by atoms with Crippen LogP contribution >= 0.6 is 11.6 Å². The predicted octanol–water partition coefficient (Wildman–Crippen LogP) is 5.91. The molecule has 0 aliphatic carbocycles. The summed E-state index contributed by atoms with van der Waals surface area (Å²) in [5.74, 6) is -1.10. The number of hydrogen-bond acceptors (Lipinski definition) is 6. The molecule has 172 valence electrons. The number of hydrogen-bond donors (Lipinski definition) is 1. The Morgan fingerprint density at radius 2 is 1.79 bits per heavy atom. The average molecular weight is 477 g/mol. The Balaban J connectivity index is 1.58. The number of ether oxygens (including phenoxy) is 1. The molecular formula is C26H21ClN2O5. The lowest BCUT2D eigenvalue weighted by Gasteiger charge is -2.15. The Morgan fingerprint density at radius 1 is 1.06 bits per heavy atom. The minimum atomic E-state index is -1.10. The zero-order valence-electron chi connectivity index (χ0n) is 18.5. The van der Waals surface area contributed by atoms with E-state index in [9.17, 15) is 14.7 Å². The van der Waals surface area contributed by atoms with E-state index in [1.165, 1.54) is 6.07 Å². The van der Waals surface area contributed by atoms with E-state index in [0.717, 1.165) is 5.56 Å². The van der Waals surface area contributed by atoms with Crippen molar-refractivity contribution in [2.45, 2.75) is 26.4 Å². The number of benzene rings is 2. The number of carbonyl (C=O) groups excluding carboxylic acids is 1. The Labute approximate surface area is 201 Å². The molecule has 2 heterocycles.